The summed E-state index contributed by atoms with van der Waals surface area (Å²) in [6, 6.07) is 3.27. The zero-order valence-electron chi connectivity index (χ0n) is 12.5. The lowest BCUT2D eigenvalue weighted by Crippen LogP contribution is -2.53. The molecule has 1 aliphatic heterocycles. The summed E-state index contributed by atoms with van der Waals surface area (Å²) >= 11 is 0. The van der Waals surface area contributed by atoms with Crippen LogP contribution in [0.25, 0.3) is 0 Å². The molecule has 1 aromatic carbocycles. The molecule has 0 aromatic heterocycles. The van der Waals surface area contributed by atoms with Crippen molar-refractivity contribution in [3.63, 3.8) is 0 Å². The Hall–Kier alpha value is -1.49. The van der Waals surface area contributed by atoms with Gasteiger partial charge in [-0.2, -0.15) is 0 Å². The monoisotopic (exact) mass is 296 g/mol. The van der Waals surface area contributed by atoms with Crippen LogP contribution in [0.2, 0.25) is 0 Å². The van der Waals surface area contributed by atoms with Crippen LogP contribution in [0.4, 0.5) is 8.78 Å². The van der Waals surface area contributed by atoms with Gasteiger partial charge in [-0.05, 0) is 50.8 Å². The lowest BCUT2D eigenvalue weighted by molar-refractivity contribution is -0.125. The summed E-state index contributed by atoms with van der Waals surface area (Å²) in [4.78, 5) is 12.2. The number of amides is 1. The van der Waals surface area contributed by atoms with Crippen molar-refractivity contribution in [2.75, 3.05) is 6.54 Å². The first-order valence-electron chi connectivity index (χ1n) is 7.45. The number of carbonyl (C=O) groups is 1. The highest BCUT2D eigenvalue weighted by Crippen LogP contribution is 2.17. The molecule has 1 aromatic rings. The number of benzene rings is 1. The van der Waals surface area contributed by atoms with Crippen molar-refractivity contribution in [1.29, 1.82) is 0 Å². The molecule has 1 aliphatic rings. The first kappa shape index (κ1) is 15.9. The van der Waals surface area contributed by atoms with Gasteiger partial charge in [0.15, 0.2) is 0 Å². The van der Waals surface area contributed by atoms with Crippen molar-refractivity contribution in [3.05, 3.63) is 35.4 Å². The third kappa shape index (κ3) is 4.00. The van der Waals surface area contributed by atoms with Crippen LogP contribution in [0.5, 0.6) is 0 Å². The van der Waals surface area contributed by atoms with Gasteiger partial charge >= 0.3 is 0 Å². The third-order valence-corrected chi connectivity index (χ3v) is 4.01. The minimum absolute atomic E-state index is 0.0231. The maximum atomic E-state index is 13.6. The molecule has 1 amide bonds. The molecule has 1 fully saturated rings. The molecule has 116 valence electrons. The Morgan fingerprint density at radius 1 is 1.43 bits per heavy atom. The first-order valence-corrected chi connectivity index (χ1v) is 7.45. The SMILES string of the molecule is CC(Cc1c(F)cccc1F)NC(=O)C1NCCCC1C. The zero-order valence-corrected chi connectivity index (χ0v) is 12.5. The normalized spacial score (nSPS) is 23.6. The van der Waals surface area contributed by atoms with Gasteiger partial charge in [0.25, 0.3) is 0 Å². The fourth-order valence-electron chi connectivity index (χ4n) is 2.82. The zero-order chi connectivity index (χ0) is 15.4. The van der Waals surface area contributed by atoms with Crippen LogP contribution in [0.15, 0.2) is 18.2 Å². The average molecular weight is 296 g/mol. The molecule has 3 atom stereocenters. The van der Waals surface area contributed by atoms with Gasteiger partial charge in [0.05, 0.1) is 6.04 Å². The van der Waals surface area contributed by atoms with Crippen LogP contribution in [0, 0.1) is 17.6 Å². The molecule has 21 heavy (non-hydrogen) atoms. The van der Waals surface area contributed by atoms with E-state index in [4.69, 9.17) is 0 Å². The Balaban J connectivity index is 1.95. The number of nitrogens with one attached hydrogen (secondary N) is 2. The van der Waals surface area contributed by atoms with Crippen LogP contribution in [0.3, 0.4) is 0 Å². The molecule has 0 saturated carbocycles. The minimum atomic E-state index is -0.569. The van der Waals surface area contributed by atoms with Crippen molar-refractivity contribution >= 4 is 5.91 Å². The molecule has 2 N–H and O–H groups in total. The van der Waals surface area contributed by atoms with Crippen LogP contribution in [-0.2, 0) is 11.2 Å². The molecule has 3 unspecified atom stereocenters. The molecule has 0 spiro atoms. The standard InChI is InChI=1S/C16H22F2N2O/c1-10-5-4-8-19-15(10)16(21)20-11(2)9-12-13(17)6-3-7-14(12)18/h3,6-7,10-11,15,19H,4-5,8-9H2,1-2H3,(H,20,21). The molecule has 3 nitrogen and oxygen atoms in total. The van der Waals surface area contributed by atoms with Crippen molar-refractivity contribution in [2.45, 2.75) is 45.2 Å². The first-order chi connectivity index (χ1) is 9.99. The average Bonchev–Trinajstić information content (AvgIpc) is 2.43. The van der Waals surface area contributed by atoms with Crippen molar-refractivity contribution in [1.82, 2.24) is 10.6 Å². The second-order valence-corrected chi connectivity index (χ2v) is 5.87. The summed E-state index contributed by atoms with van der Waals surface area (Å²) < 4.78 is 27.2. The molecular formula is C16H22F2N2O. The predicted molar refractivity (Wildman–Crippen MR) is 77.9 cm³/mol. The molecule has 0 radical (unpaired) electrons. The summed E-state index contributed by atoms with van der Waals surface area (Å²) in [5.41, 5.74) is 0.0231. The van der Waals surface area contributed by atoms with E-state index in [0.717, 1.165) is 19.4 Å². The largest absolute Gasteiger partial charge is 0.352 e. The lowest BCUT2D eigenvalue weighted by Gasteiger charge is -2.30. The van der Waals surface area contributed by atoms with Gasteiger partial charge in [0.2, 0.25) is 5.91 Å². The van der Waals surface area contributed by atoms with Gasteiger partial charge in [-0.1, -0.05) is 13.0 Å². The van der Waals surface area contributed by atoms with Gasteiger partial charge in [-0.25, -0.2) is 8.78 Å². The highest BCUT2D eigenvalue weighted by Gasteiger charge is 2.28. The number of halogens is 2. The summed E-state index contributed by atoms with van der Waals surface area (Å²) in [6.45, 7) is 4.63. The highest BCUT2D eigenvalue weighted by atomic mass is 19.1. The Bertz CT molecular complexity index is 487. The molecule has 0 bridgehead atoms. The fraction of sp³-hybridized carbons (Fsp3) is 0.562. The summed E-state index contributed by atoms with van der Waals surface area (Å²) in [6.07, 6.45) is 2.23. The Labute approximate surface area is 124 Å². The van der Waals surface area contributed by atoms with E-state index in [1.165, 1.54) is 18.2 Å². The number of hydrogen-bond donors (Lipinski definition) is 2. The van der Waals surface area contributed by atoms with E-state index in [1.807, 2.05) is 6.92 Å². The third-order valence-electron chi connectivity index (χ3n) is 4.01. The van der Waals surface area contributed by atoms with E-state index in [2.05, 4.69) is 10.6 Å². The van der Waals surface area contributed by atoms with E-state index in [9.17, 15) is 13.6 Å². The number of carbonyl (C=O) groups excluding carboxylic acids is 1. The number of rotatable bonds is 4. The van der Waals surface area contributed by atoms with E-state index < -0.39 is 11.6 Å². The van der Waals surface area contributed by atoms with Crippen LogP contribution < -0.4 is 10.6 Å². The number of piperidine rings is 1. The van der Waals surface area contributed by atoms with Crippen LogP contribution >= 0.6 is 0 Å². The highest BCUT2D eigenvalue weighted by molar-refractivity contribution is 5.82. The van der Waals surface area contributed by atoms with Gasteiger partial charge in [-0.3, -0.25) is 4.79 Å². The molecule has 1 heterocycles. The van der Waals surface area contributed by atoms with Gasteiger partial charge in [0, 0.05) is 11.6 Å². The predicted octanol–water partition coefficient (Wildman–Crippen LogP) is 2.40. The summed E-state index contributed by atoms with van der Waals surface area (Å²) in [5.74, 6) is -0.955. The van der Waals surface area contributed by atoms with E-state index in [0.29, 0.717) is 0 Å². The Morgan fingerprint density at radius 2 is 2.10 bits per heavy atom. The Morgan fingerprint density at radius 3 is 2.71 bits per heavy atom. The molecule has 2 rings (SSSR count). The van der Waals surface area contributed by atoms with Gasteiger partial charge < -0.3 is 10.6 Å². The van der Waals surface area contributed by atoms with E-state index in [1.54, 1.807) is 6.92 Å². The molecular weight excluding hydrogens is 274 g/mol. The lowest BCUT2D eigenvalue weighted by atomic mass is 9.92. The maximum Gasteiger partial charge on any atom is 0.237 e. The smallest absolute Gasteiger partial charge is 0.237 e. The second-order valence-electron chi connectivity index (χ2n) is 5.87. The van der Waals surface area contributed by atoms with E-state index in [-0.39, 0.29) is 35.9 Å². The Kier molecular flexibility index (Phi) is 5.28. The topological polar surface area (TPSA) is 41.1 Å². The summed E-state index contributed by atoms with van der Waals surface area (Å²) in [7, 11) is 0. The quantitative estimate of drug-likeness (QED) is 0.896. The van der Waals surface area contributed by atoms with Gasteiger partial charge in [0.1, 0.15) is 11.6 Å². The minimum Gasteiger partial charge on any atom is -0.352 e. The van der Waals surface area contributed by atoms with Crippen molar-refractivity contribution < 1.29 is 13.6 Å². The van der Waals surface area contributed by atoms with Crippen LogP contribution in [0.1, 0.15) is 32.3 Å². The van der Waals surface area contributed by atoms with Crippen molar-refractivity contribution in [3.8, 4) is 0 Å². The van der Waals surface area contributed by atoms with Crippen molar-refractivity contribution in [2.24, 2.45) is 5.92 Å². The van der Waals surface area contributed by atoms with E-state index >= 15 is 0 Å². The summed E-state index contributed by atoms with van der Waals surface area (Å²) in [5, 5.41) is 6.05. The second kappa shape index (κ2) is 6.98. The maximum absolute atomic E-state index is 13.6. The van der Waals surface area contributed by atoms with Gasteiger partial charge in [-0.15, -0.1) is 0 Å². The number of hydrogen-bond acceptors (Lipinski definition) is 2. The fourth-order valence-corrected chi connectivity index (χ4v) is 2.82. The van der Waals surface area contributed by atoms with Crippen LogP contribution in [-0.4, -0.2) is 24.5 Å². The molecule has 5 heteroatoms. The molecule has 1 saturated heterocycles. The molecule has 0 aliphatic carbocycles.